The van der Waals surface area contributed by atoms with Crippen LogP contribution in [0.25, 0.3) is 16.7 Å². The van der Waals surface area contributed by atoms with Crippen LogP contribution in [0.2, 0.25) is 0 Å². The molecule has 2 aromatic heterocycles. The van der Waals surface area contributed by atoms with Gasteiger partial charge in [0.15, 0.2) is 0 Å². The Morgan fingerprint density at radius 2 is 1.60 bits per heavy atom. The van der Waals surface area contributed by atoms with E-state index in [2.05, 4.69) is 5.10 Å². The summed E-state index contributed by atoms with van der Waals surface area (Å²) in [5, 5.41) is 3.59. The van der Waals surface area contributed by atoms with Crippen molar-refractivity contribution in [1.82, 2.24) is 14.3 Å². The number of benzene rings is 1. The maximum Gasteiger partial charge on any atom is 0.281 e. The Morgan fingerprint density at radius 3 is 2.25 bits per heavy atom. The lowest BCUT2D eigenvalue weighted by Crippen LogP contribution is -2.21. The number of aromatic nitrogens is 3. The van der Waals surface area contributed by atoms with Crippen LogP contribution in [0, 0.1) is 13.8 Å². The average Bonchev–Trinajstić information content (AvgIpc) is 2.81. The zero-order valence-electron chi connectivity index (χ0n) is 11.6. The maximum absolute atomic E-state index is 12.6. The molecule has 0 aliphatic heterocycles. The van der Waals surface area contributed by atoms with Crippen molar-refractivity contribution in [3.8, 4) is 5.69 Å². The number of hydrogen-bond donors (Lipinski definition) is 1. The van der Waals surface area contributed by atoms with Gasteiger partial charge >= 0.3 is 0 Å². The molecule has 1 aromatic carbocycles. The Bertz CT molecular complexity index is 914. The molecule has 102 valence electrons. The third kappa shape index (κ3) is 1.56. The van der Waals surface area contributed by atoms with E-state index in [0.717, 1.165) is 11.3 Å². The number of H-pyrrole nitrogens is 1. The zero-order valence-corrected chi connectivity index (χ0v) is 11.6. The predicted octanol–water partition coefficient (Wildman–Crippen LogP) is 1.63. The van der Waals surface area contributed by atoms with E-state index in [1.54, 1.807) is 14.0 Å². The van der Waals surface area contributed by atoms with Crippen LogP contribution in [0.5, 0.6) is 0 Å². The SMILES string of the molecule is Cc1c(C)c2c(=O)n(-c3ccccc3)[nH]c2n(C)c1=O. The van der Waals surface area contributed by atoms with Gasteiger partial charge in [0.05, 0.1) is 11.1 Å². The van der Waals surface area contributed by atoms with Crippen LogP contribution < -0.4 is 11.1 Å². The van der Waals surface area contributed by atoms with Crippen molar-refractivity contribution in [2.75, 3.05) is 0 Å². The van der Waals surface area contributed by atoms with Gasteiger partial charge in [0, 0.05) is 12.6 Å². The number of rotatable bonds is 1. The van der Waals surface area contributed by atoms with Gasteiger partial charge in [-0.3, -0.25) is 19.3 Å². The van der Waals surface area contributed by atoms with Gasteiger partial charge in [-0.25, -0.2) is 4.68 Å². The molecule has 0 atom stereocenters. The van der Waals surface area contributed by atoms with Gasteiger partial charge in [0.2, 0.25) is 0 Å². The molecular formula is C15H15N3O2. The van der Waals surface area contributed by atoms with E-state index < -0.39 is 0 Å². The second-order valence-corrected chi connectivity index (χ2v) is 4.93. The van der Waals surface area contributed by atoms with Crippen LogP contribution in [0.15, 0.2) is 39.9 Å². The first kappa shape index (κ1) is 12.5. The summed E-state index contributed by atoms with van der Waals surface area (Å²) >= 11 is 0. The van der Waals surface area contributed by atoms with Crippen molar-refractivity contribution in [2.24, 2.45) is 7.05 Å². The second kappa shape index (κ2) is 4.23. The summed E-state index contributed by atoms with van der Waals surface area (Å²) in [5.74, 6) is 0. The van der Waals surface area contributed by atoms with E-state index in [-0.39, 0.29) is 11.1 Å². The third-order valence-electron chi connectivity index (χ3n) is 3.78. The Labute approximate surface area is 115 Å². The Morgan fingerprint density at radius 1 is 0.950 bits per heavy atom. The molecule has 0 saturated heterocycles. The van der Waals surface area contributed by atoms with E-state index in [4.69, 9.17) is 0 Å². The standard InChI is InChI=1S/C15H15N3O2/c1-9-10(2)14(19)17(3)13-12(9)15(20)18(16-13)11-7-5-4-6-8-11/h4-8,16H,1-3H3. The first-order valence-electron chi connectivity index (χ1n) is 6.38. The maximum atomic E-state index is 12.6. The topological polar surface area (TPSA) is 59.8 Å². The van der Waals surface area contributed by atoms with Crippen LogP contribution >= 0.6 is 0 Å². The lowest BCUT2D eigenvalue weighted by Gasteiger charge is -2.04. The molecule has 2 heterocycles. The number of para-hydroxylation sites is 1. The summed E-state index contributed by atoms with van der Waals surface area (Å²) in [4.78, 5) is 24.7. The van der Waals surface area contributed by atoms with Crippen molar-refractivity contribution < 1.29 is 0 Å². The molecule has 3 aromatic rings. The molecule has 0 aliphatic rings. The van der Waals surface area contributed by atoms with Crippen LogP contribution in [0.1, 0.15) is 11.1 Å². The predicted molar refractivity (Wildman–Crippen MR) is 78.6 cm³/mol. The quantitative estimate of drug-likeness (QED) is 0.730. The first-order valence-corrected chi connectivity index (χ1v) is 6.38. The van der Waals surface area contributed by atoms with Gasteiger partial charge in [-0.1, -0.05) is 18.2 Å². The van der Waals surface area contributed by atoms with Gasteiger partial charge in [-0.05, 0) is 31.5 Å². The van der Waals surface area contributed by atoms with E-state index in [0.29, 0.717) is 16.6 Å². The fourth-order valence-electron chi connectivity index (χ4n) is 2.47. The molecule has 0 amide bonds. The van der Waals surface area contributed by atoms with Gasteiger partial charge in [0.25, 0.3) is 11.1 Å². The summed E-state index contributed by atoms with van der Waals surface area (Å²) < 4.78 is 2.95. The molecule has 1 N–H and O–H groups in total. The highest BCUT2D eigenvalue weighted by molar-refractivity contribution is 5.79. The summed E-state index contributed by atoms with van der Waals surface area (Å²) in [5.41, 5.74) is 2.42. The van der Waals surface area contributed by atoms with Crippen LogP contribution in [0.4, 0.5) is 0 Å². The molecule has 0 bridgehead atoms. The molecule has 0 aliphatic carbocycles. The summed E-state index contributed by atoms with van der Waals surface area (Å²) in [7, 11) is 1.67. The number of pyridine rings is 1. The molecule has 20 heavy (non-hydrogen) atoms. The number of hydrogen-bond acceptors (Lipinski definition) is 2. The highest BCUT2D eigenvalue weighted by Gasteiger charge is 2.16. The largest absolute Gasteiger partial charge is 0.296 e. The van der Waals surface area contributed by atoms with Crippen molar-refractivity contribution in [1.29, 1.82) is 0 Å². The van der Waals surface area contributed by atoms with E-state index in [1.807, 2.05) is 37.3 Å². The molecule has 0 radical (unpaired) electrons. The Hall–Kier alpha value is -2.56. The molecule has 0 saturated carbocycles. The van der Waals surface area contributed by atoms with Crippen LogP contribution in [-0.4, -0.2) is 14.3 Å². The van der Waals surface area contributed by atoms with Crippen molar-refractivity contribution >= 4 is 11.0 Å². The number of nitrogens with zero attached hydrogens (tertiary/aromatic N) is 2. The van der Waals surface area contributed by atoms with Gasteiger partial charge in [-0.2, -0.15) is 0 Å². The van der Waals surface area contributed by atoms with Crippen LogP contribution in [0.3, 0.4) is 0 Å². The highest BCUT2D eigenvalue weighted by Crippen LogP contribution is 2.15. The number of nitrogens with one attached hydrogen (secondary N) is 1. The van der Waals surface area contributed by atoms with Crippen molar-refractivity contribution in [3.05, 3.63) is 62.2 Å². The summed E-state index contributed by atoms with van der Waals surface area (Å²) in [6.45, 7) is 3.56. The molecule has 3 rings (SSSR count). The zero-order chi connectivity index (χ0) is 14.4. The molecule has 0 unspecified atom stereocenters. The average molecular weight is 269 g/mol. The van der Waals surface area contributed by atoms with Gasteiger partial charge in [-0.15, -0.1) is 0 Å². The molecule has 5 nitrogen and oxygen atoms in total. The molecule has 0 fully saturated rings. The lowest BCUT2D eigenvalue weighted by molar-refractivity contribution is 0.817. The van der Waals surface area contributed by atoms with Gasteiger partial charge < -0.3 is 0 Å². The fourth-order valence-corrected chi connectivity index (χ4v) is 2.47. The first-order chi connectivity index (χ1) is 9.52. The minimum atomic E-state index is -0.137. The number of aryl methyl sites for hydroxylation is 2. The summed E-state index contributed by atoms with van der Waals surface area (Å²) in [6, 6.07) is 9.31. The summed E-state index contributed by atoms with van der Waals surface area (Å²) in [6.07, 6.45) is 0. The van der Waals surface area contributed by atoms with E-state index in [9.17, 15) is 9.59 Å². The normalized spacial score (nSPS) is 11.2. The molecule has 5 heteroatoms. The monoisotopic (exact) mass is 269 g/mol. The number of aromatic amines is 1. The minimum absolute atomic E-state index is 0.0866. The Balaban J connectivity index is 2.49. The lowest BCUT2D eigenvalue weighted by atomic mass is 10.1. The van der Waals surface area contributed by atoms with Crippen molar-refractivity contribution in [3.63, 3.8) is 0 Å². The second-order valence-electron chi connectivity index (χ2n) is 4.93. The van der Waals surface area contributed by atoms with Crippen LogP contribution in [-0.2, 0) is 7.05 Å². The highest BCUT2D eigenvalue weighted by atomic mass is 16.1. The Kier molecular flexibility index (Phi) is 2.64. The molecule has 0 spiro atoms. The third-order valence-corrected chi connectivity index (χ3v) is 3.78. The van der Waals surface area contributed by atoms with Crippen molar-refractivity contribution in [2.45, 2.75) is 13.8 Å². The minimum Gasteiger partial charge on any atom is -0.296 e. The van der Waals surface area contributed by atoms with Gasteiger partial charge in [0.1, 0.15) is 5.65 Å². The molecular weight excluding hydrogens is 254 g/mol. The van der Waals surface area contributed by atoms with E-state index in [1.165, 1.54) is 9.25 Å². The smallest absolute Gasteiger partial charge is 0.281 e. The number of fused-ring (bicyclic) bond motifs is 1. The fraction of sp³-hybridized carbons (Fsp3) is 0.200. The van der Waals surface area contributed by atoms with E-state index >= 15 is 0 Å².